The summed E-state index contributed by atoms with van der Waals surface area (Å²) in [4.78, 5) is 19.6. The molecule has 0 saturated carbocycles. The molecule has 2 rings (SSSR count). The fourth-order valence-corrected chi connectivity index (χ4v) is 2.26. The highest BCUT2D eigenvalue weighted by Gasteiger charge is 2.09. The molecule has 0 radical (unpaired) electrons. The number of hydrazine groups is 1. The number of nitro groups is 1. The fourth-order valence-electron chi connectivity index (χ4n) is 2.26. The highest BCUT2D eigenvalue weighted by molar-refractivity contribution is 5.77. The molecule has 0 heterocycles. The maximum absolute atomic E-state index is 10.3. The Bertz CT molecular complexity index is 829. The van der Waals surface area contributed by atoms with Crippen molar-refractivity contribution in [2.75, 3.05) is 24.1 Å². The Kier molecular flexibility index (Phi) is 12.3. The van der Waals surface area contributed by atoms with E-state index in [1.54, 1.807) is 12.1 Å². The van der Waals surface area contributed by atoms with Crippen LogP contribution in [-0.4, -0.2) is 30.1 Å². The van der Waals surface area contributed by atoms with Gasteiger partial charge >= 0.3 is 0 Å². The highest BCUT2D eigenvalue weighted by atomic mass is 17.2. The zero-order valence-corrected chi connectivity index (χ0v) is 18.3. The minimum atomic E-state index is -0.491. The molecule has 31 heavy (non-hydrogen) atoms. The Morgan fingerprint density at radius 2 is 1.77 bits per heavy atom. The number of nitrogens with zero attached hydrogens (tertiary/aromatic N) is 2. The molecule has 10 heteroatoms. The number of anilines is 2. The van der Waals surface area contributed by atoms with E-state index in [0.717, 1.165) is 11.3 Å². The number of hydrogen-bond acceptors (Lipinski definition) is 9. The first-order valence-electron chi connectivity index (χ1n) is 9.88. The zero-order chi connectivity index (χ0) is 23.1. The van der Waals surface area contributed by atoms with Gasteiger partial charge in [-0.15, -0.1) is 5.10 Å². The van der Waals surface area contributed by atoms with E-state index in [9.17, 15) is 10.1 Å². The van der Waals surface area contributed by atoms with E-state index < -0.39 is 4.92 Å². The number of aryl methyl sites for hydroxylation is 1. The van der Waals surface area contributed by atoms with E-state index in [1.165, 1.54) is 12.1 Å². The van der Waals surface area contributed by atoms with Gasteiger partial charge in [0.05, 0.1) is 36.3 Å². The third-order valence-electron chi connectivity index (χ3n) is 3.67. The molecule has 0 aliphatic heterocycles. The Morgan fingerprint density at radius 3 is 2.32 bits per heavy atom. The highest BCUT2D eigenvalue weighted by Crippen LogP contribution is 2.21. The summed E-state index contributed by atoms with van der Waals surface area (Å²) in [6.07, 6.45) is 0.622. The van der Waals surface area contributed by atoms with Gasteiger partial charge in [0.25, 0.3) is 5.69 Å². The van der Waals surface area contributed by atoms with Gasteiger partial charge < -0.3 is 10.2 Å². The van der Waals surface area contributed by atoms with Crippen LogP contribution in [-0.2, 0) is 14.5 Å². The number of hydrogen-bond donors (Lipinski definition) is 3. The van der Waals surface area contributed by atoms with Crippen molar-refractivity contribution in [2.24, 2.45) is 10.9 Å². The van der Waals surface area contributed by atoms with Gasteiger partial charge in [0.1, 0.15) is 5.69 Å². The first kappa shape index (κ1) is 25.8. The summed E-state index contributed by atoms with van der Waals surface area (Å²) in [6, 6.07) is 14.1. The van der Waals surface area contributed by atoms with Crippen molar-refractivity contribution in [1.82, 2.24) is 0 Å². The van der Waals surface area contributed by atoms with Crippen molar-refractivity contribution in [3.63, 3.8) is 0 Å². The van der Waals surface area contributed by atoms with Crippen LogP contribution in [0.2, 0.25) is 0 Å². The third-order valence-corrected chi connectivity index (χ3v) is 3.67. The number of nitrogens with one attached hydrogen (secondary N) is 2. The first-order chi connectivity index (χ1) is 14.9. The molecule has 0 aromatic heterocycles. The number of para-hydroxylation sites is 3. The minimum absolute atomic E-state index is 0.0185. The predicted molar refractivity (Wildman–Crippen MR) is 122 cm³/mol. The van der Waals surface area contributed by atoms with Crippen LogP contribution in [0, 0.1) is 17.0 Å². The van der Waals surface area contributed by atoms with Crippen LogP contribution in [0.25, 0.3) is 0 Å². The molecule has 0 saturated heterocycles. The van der Waals surface area contributed by atoms with Gasteiger partial charge in [-0.05, 0) is 45.4 Å². The lowest BCUT2D eigenvalue weighted by Gasteiger charge is -2.13. The Labute approximate surface area is 182 Å². The number of nitro benzene ring substituents is 1. The van der Waals surface area contributed by atoms with Crippen molar-refractivity contribution in [3.05, 3.63) is 64.2 Å². The van der Waals surface area contributed by atoms with E-state index in [2.05, 4.69) is 16.0 Å². The summed E-state index contributed by atoms with van der Waals surface area (Å²) in [5.74, 6) is 5.63. The van der Waals surface area contributed by atoms with Crippen LogP contribution in [0.5, 0.6) is 0 Å². The zero-order valence-electron chi connectivity index (χ0n) is 18.3. The average molecular weight is 434 g/mol. The summed E-state index contributed by atoms with van der Waals surface area (Å²) >= 11 is 0. The molecular formula is C21H31N5O5. The van der Waals surface area contributed by atoms with Crippen molar-refractivity contribution in [2.45, 2.75) is 40.2 Å². The van der Waals surface area contributed by atoms with E-state index in [-0.39, 0.29) is 11.8 Å². The molecule has 0 fully saturated rings. The maximum Gasteiger partial charge on any atom is 0.293 e. The van der Waals surface area contributed by atoms with Gasteiger partial charge in [0.2, 0.25) is 5.90 Å². The lowest BCUT2D eigenvalue weighted by atomic mass is 10.2. The van der Waals surface area contributed by atoms with Gasteiger partial charge in [-0.2, -0.15) is 0 Å². The summed E-state index contributed by atoms with van der Waals surface area (Å²) in [5.41, 5.74) is 7.65. The van der Waals surface area contributed by atoms with Crippen LogP contribution >= 0.6 is 0 Å². The average Bonchev–Trinajstić information content (AvgIpc) is 2.75. The molecule has 0 bridgehead atoms. The number of nitrogens with two attached hydrogens (primary N) is 1. The molecule has 0 atom stereocenters. The SMILES string of the molecule is CCOOCC/C(=N/Nc1ccccc1C)OC(C)C.NNc1ccccc1[N+](=O)[O-]. The van der Waals surface area contributed by atoms with E-state index in [1.807, 2.05) is 52.0 Å². The quantitative estimate of drug-likeness (QED) is 0.0956. The van der Waals surface area contributed by atoms with Crippen LogP contribution in [0.1, 0.15) is 32.8 Å². The lowest BCUT2D eigenvalue weighted by molar-refractivity contribution is -0.384. The van der Waals surface area contributed by atoms with Crippen molar-refractivity contribution in [1.29, 1.82) is 0 Å². The fraction of sp³-hybridized carbons (Fsp3) is 0.381. The van der Waals surface area contributed by atoms with Gasteiger partial charge in [-0.3, -0.25) is 21.4 Å². The summed E-state index contributed by atoms with van der Waals surface area (Å²) in [5, 5.41) is 14.6. The molecule has 2 aromatic carbocycles. The van der Waals surface area contributed by atoms with E-state index >= 15 is 0 Å². The largest absolute Gasteiger partial charge is 0.477 e. The van der Waals surface area contributed by atoms with Gasteiger partial charge in [-0.1, -0.05) is 30.3 Å². The predicted octanol–water partition coefficient (Wildman–Crippen LogP) is 4.38. The summed E-state index contributed by atoms with van der Waals surface area (Å²) < 4.78 is 5.64. The van der Waals surface area contributed by atoms with Gasteiger partial charge in [0, 0.05) is 6.07 Å². The topological polar surface area (TPSA) is 133 Å². The monoisotopic (exact) mass is 433 g/mol. The van der Waals surface area contributed by atoms with Crippen LogP contribution in [0.4, 0.5) is 17.1 Å². The van der Waals surface area contributed by atoms with Crippen molar-refractivity contribution < 1.29 is 19.4 Å². The van der Waals surface area contributed by atoms with Crippen molar-refractivity contribution >= 4 is 23.0 Å². The van der Waals surface area contributed by atoms with Crippen LogP contribution in [0.15, 0.2) is 53.6 Å². The van der Waals surface area contributed by atoms with E-state index in [4.69, 9.17) is 20.4 Å². The molecule has 10 nitrogen and oxygen atoms in total. The summed E-state index contributed by atoms with van der Waals surface area (Å²) in [6.45, 7) is 8.77. The number of nitrogen functional groups attached to an aromatic ring is 1. The minimum Gasteiger partial charge on any atom is -0.477 e. The normalized spacial score (nSPS) is 10.8. The number of rotatable bonds is 10. The molecule has 0 aliphatic rings. The second-order valence-electron chi connectivity index (χ2n) is 6.50. The standard InChI is InChI=1S/C15H24N2O3.C6H7N3O2/c1-5-18-19-11-10-15(20-12(2)3)17-16-14-9-7-6-8-13(14)4;7-8-5-3-1-2-4-6(5)9(10)11/h6-9,12,16H,5,10-11H2,1-4H3;1-4,8H,7H2/b17-15-;. The van der Waals surface area contributed by atoms with Crippen LogP contribution in [0.3, 0.4) is 0 Å². The molecule has 0 unspecified atom stereocenters. The number of ether oxygens (including phenoxy) is 1. The number of benzene rings is 2. The van der Waals surface area contributed by atoms with Crippen LogP contribution < -0.4 is 16.7 Å². The number of hydrazone groups is 1. The second-order valence-corrected chi connectivity index (χ2v) is 6.50. The third kappa shape index (κ3) is 10.4. The molecular weight excluding hydrogens is 402 g/mol. The molecule has 0 aliphatic carbocycles. The Balaban J connectivity index is 0.000000367. The lowest BCUT2D eigenvalue weighted by Crippen LogP contribution is -2.16. The van der Waals surface area contributed by atoms with Crippen molar-refractivity contribution in [3.8, 4) is 0 Å². The molecule has 4 N–H and O–H groups in total. The summed E-state index contributed by atoms with van der Waals surface area (Å²) in [7, 11) is 0. The Morgan fingerprint density at radius 1 is 1.13 bits per heavy atom. The Hall–Kier alpha value is -3.21. The van der Waals surface area contributed by atoms with Gasteiger partial charge in [-0.25, -0.2) is 9.78 Å². The second kappa shape index (κ2) is 14.7. The maximum atomic E-state index is 10.3. The molecule has 0 spiro atoms. The first-order valence-corrected chi connectivity index (χ1v) is 9.88. The van der Waals surface area contributed by atoms with E-state index in [0.29, 0.717) is 31.2 Å². The molecule has 2 aromatic rings. The van der Waals surface area contributed by atoms with Gasteiger partial charge in [0.15, 0.2) is 0 Å². The molecule has 0 amide bonds. The smallest absolute Gasteiger partial charge is 0.293 e. The molecule has 170 valence electrons.